The standard InChI is InChI=1S/C77H146O6/c1-4-7-10-13-16-19-22-25-28-31-34-35-36-37-38-39-40-41-42-43-44-47-49-52-55-58-61-64-67-70-76(79)82-73-74(83-77(80)71-68-65-62-59-56-53-50-46-33-30-27-24-21-18-15-12-9-6-3)72-81-75(78)69-66-63-60-57-54-51-48-45-32-29-26-23-20-17-14-11-8-5-2/h22,25,31,34,74H,4-21,23-24,26-30,32-33,35-73H2,1-3H3/b25-22-,34-31-. The van der Waals surface area contributed by atoms with E-state index >= 15 is 0 Å². The van der Waals surface area contributed by atoms with Crippen LogP contribution in [-0.2, 0) is 28.6 Å². The average molecular weight is 1170 g/mol. The third kappa shape index (κ3) is 70.5. The predicted molar refractivity (Wildman–Crippen MR) is 363 cm³/mol. The van der Waals surface area contributed by atoms with E-state index < -0.39 is 6.10 Å². The third-order valence-corrected chi connectivity index (χ3v) is 17.5. The fourth-order valence-corrected chi connectivity index (χ4v) is 11.8. The first-order chi connectivity index (χ1) is 41.0. The van der Waals surface area contributed by atoms with Gasteiger partial charge in [-0.15, -0.1) is 0 Å². The Bertz CT molecular complexity index is 1340. The number of unbranched alkanes of at least 4 members (excludes halogenated alkanes) is 56. The molecule has 0 aliphatic heterocycles. The first kappa shape index (κ1) is 80.9. The summed E-state index contributed by atoms with van der Waals surface area (Å²) in [5.41, 5.74) is 0. The molecule has 490 valence electrons. The highest BCUT2D eigenvalue weighted by Crippen LogP contribution is 2.19. The second-order valence-corrected chi connectivity index (χ2v) is 25.9. The van der Waals surface area contributed by atoms with Gasteiger partial charge in [0.05, 0.1) is 0 Å². The lowest BCUT2D eigenvalue weighted by molar-refractivity contribution is -0.167. The molecular weight excluding hydrogens is 1020 g/mol. The minimum absolute atomic E-state index is 0.0627. The average Bonchev–Trinajstić information content (AvgIpc) is 3.49. The molecular formula is C77H146O6. The fraction of sp³-hybridized carbons (Fsp3) is 0.909. The first-order valence-corrected chi connectivity index (χ1v) is 37.8. The normalized spacial score (nSPS) is 12.1. The quantitative estimate of drug-likeness (QED) is 0.0261. The van der Waals surface area contributed by atoms with Crippen LogP contribution in [0.25, 0.3) is 0 Å². The van der Waals surface area contributed by atoms with Gasteiger partial charge in [-0.1, -0.05) is 385 Å². The third-order valence-electron chi connectivity index (χ3n) is 17.5. The van der Waals surface area contributed by atoms with Gasteiger partial charge in [0.25, 0.3) is 0 Å². The molecule has 0 saturated carbocycles. The number of carbonyl (C=O) groups excluding carboxylic acids is 3. The maximum atomic E-state index is 13.0. The number of rotatable bonds is 71. The number of ether oxygens (including phenoxy) is 3. The number of carbonyl (C=O) groups is 3. The van der Waals surface area contributed by atoms with Gasteiger partial charge in [-0.3, -0.25) is 14.4 Å². The van der Waals surface area contributed by atoms with Crippen molar-refractivity contribution in [2.24, 2.45) is 0 Å². The zero-order chi connectivity index (χ0) is 59.9. The van der Waals surface area contributed by atoms with Gasteiger partial charge >= 0.3 is 17.9 Å². The van der Waals surface area contributed by atoms with Crippen LogP contribution < -0.4 is 0 Å². The molecule has 0 aromatic carbocycles. The van der Waals surface area contributed by atoms with Crippen molar-refractivity contribution >= 4 is 17.9 Å². The van der Waals surface area contributed by atoms with E-state index in [2.05, 4.69) is 45.1 Å². The number of esters is 3. The highest BCUT2D eigenvalue weighted by atomic mass is 16.6. The summed E-state index contributed by atoms with van der Waals surface area (Å²) in [6.07, 6.45) is 89.3. The van der Waals surface area contributed by atoms with Crippen molar-refractivity contribution in [2.75, 3.05) is 13.2 Å². The first-order valence-electron chi connectivity index (χ1n) is 37.8. The van der Waals surface area contributed by atoms with Crippen molar-refractivity contribution in [2.45, 2.75) is 438 Å². The van der Waals surface area contributed by atoms with Crippen LogP contribution in [0.5, 0.6) is 0 Å². The Kier molecular flexibility index (Phi) is 70.5. The van der Waals surface area contributed by atoms with Gasteiger partial charge in [-0.05, 0) is 51.4 Å². The van der Waals surface area contributed by atoms with Crippen molar-refractivity contribution < 1.29 is 28.6 Å². The summed E-state index contributed by atoms with van der Waals surface area (Å²) in [7, 11) is 0. The molecule has 0 aliphatic carbocycles. The topological polar surface area (TPSA) is 78.9 Å². The van der Waals surface area contributed by atoms with E-state index in [1.54, 1.807) is 0 Å². The van der Waals surface area contributed by atoms with Crippen molar-refractivity contribution in [3.05, 3.63) is 24.3 Å². The molecule has 0 heterocycles. The van der Waals surface area contributed by atoms with Crippen molar-refractivity contribution in [1.29, 1.82) is 0 Å². The summed E-state index contributed by atoms with van der Waals surface area (Å²) < 4.78 is 17.1. The molecule has 0 aromatic heterocycles. The summed E-state index contributed by atoms with van der Waals surface area (Å²) in [6, 6.07) is 0. The maximum absolute atomic E-state index is 13.0. The second-order valence-electron chi connectivity index (χ2n) is 25.9. The highest BCUT2D eigenvalue weighted by molar-refractivity contribution is 5.71. The minimum Gasteiger partial charge on any atom is -0.462 e. The monoisotopic (exact) mass is 1170 g/mol. The van der Waals surface area contributed by atoms with Gasteiger partial charge in [0.1, 0.15) is 13.2 Å². The lowest BCUT2D eigenvalue weighted by Crippen LogP contribution is -2.30. The smallest absolute Gasteiger partial charge is 0.306 e. The second kappa shape index (κ2) is 72.4. The zero-order valence-corrected chi connectivity index (χ0v) is 56.5. The van der Waals surface area contributed by atoms with Gasteiger partial charge in [-0.2, -0.15) is 0 Å². The Hall–Kier alpha value is -2.11. The predicted octanol–water partition coefficient (Wildman–Crippen LogP) is 26.1. The van der Waals surface area contributed by atoms with E-state index in [1.165, 1.54) is 327 Å². The van der Waals surface area contributed by atoms with Crippen LogP contribution in [0.1, 0.15) is 432 Å². The molecule has 0 radical (unpaired) electrons. The Morgan fingerprint density at radius 2 is 0.434 bits per heavy atom. The largest absolute Gasteiger partial charge is 0.462 e. The van der Waals surface area contributed by atoms with Gasteiger partial charge in [0, 0.05) is 19.3 Å². The molecule has 0 aliphatic rings. The molecule has 0 aromatic rings. The van der Waals surface area contributed by atoms with Crippen molar-refractivity contribution in [3.63, 3.8) is 0 Å². The molecule has 0 bridgehead atoms. The van der Waals surface area contributed by atoms with Crippen LogP contribution in [0, 0.1) is 0 Å². The number of hydrogen-bond acceptors (Lipinski definition) is 6. The molecule has 1 unspecified atom stereocenters. The molecule has 0 fully saturated rings. The van der Waals surface area contributed by atoms with E-state index in [0.717, 1.165) is 64.2 Å². The van der Waals surface area contributed by atoms with Gasteiger partial charge in [0.2, 0.25) is 0 Å². The summed E-state index contributed by atoms with van der Waals surface area (Å²) in [5.74, 6) is -0.823. The Morgan fingerprint density at radius 1 is 0.241 bits per heavy atom. The lowest BCUT2D eigenvalue weighted by atomic mass is 10.0. The Morgan fingerprint density at radius 3 is 0.663 bits per heavy atom. The molecule has 0 rings (SSSR count). The maximum Gasteiger partial charge on any atom is 0.306 e. The van der Waals surface area contributed by atoms with Crippen LogP contribution in [0.15, 0.2) is 24.3 Å². The van der Waals surface area contributed by atoms with E-state index in [4.69, 9.17) is 14.2 Å². The van der Waals surface area contributed by atoms with Crippen molar-refractivity contribution in [1.82, 2.24) is 0 Å². The Balaban J connectivity index is 4.21. The van der Waals surface area contributed by atoms with E-state index in [-0.39, 0.29) is 31.1 Å². The van der Waals surface area contributed by atoms with Gasteiger partial charge < -0.3 is 14.2 Å². The molecule has 0 N–H and O–H groups in total. The number of hydrogen-bond donors (Lipinski definition) is 0. The van der Waals surface area contributed by atoms with Crippen LogP contribution >= 0.6 is 0 Å². The zero-order valence-electron chi connectivity index (χ0n) is 56.5. The summed E-state index contributed by atoms with van der Waals surface area (Å²) >= 11 is 0. The van der Waals surface area contributed by atoms with E-state index in [9.17, 15) is 14.4 Å². The molecule has 6 heteroatoms. The fourth-order valence-electron chi connectivity index (χ4n) is 11.8. The summed E-state index contributed by atoms with van der Waals surface area (Å²) in [4.78, 5) is 38.5. The van der Waals surface area contributed by atoms with Crippen LogP contribution in [0.4, 0.5) is 0 Å². The number of allylic oxidation sites excluding steroid dienone is 4. The van der Waals surface area contributed by atoms with E-state index in [1.807, 2.05) is 0 Å². The molecule has 1 atom stereocenters. The van der Waals surface area contributed by atoms with Crippen LogP contribution in [-0.4, -0.2) is 37.2 Å². The molecule has 0 amide bonds. The Labute approximate surface area is 519 Å². The SMILES string of the molecule is CCCCCCC/C=C\C/C=C\CCCCCCCCCCCCCCCCCCCC(=O)OCC(COC(=O)CCCCCCCCCCCCCCCCCCCC)OC(=O)CCCCCCCCCCCCCCCCCCCC. The van der Waals surface area contributed by atoms with Gasteiger partial charge in [0.15, 0.2) is 6.10 Å². The summed E-state index contributed by atoms with van der Waals surface area (Å²) in [6.45, 7) is 6.73. The minimum atomic E-state index is -0.767. The summed E-state index contributed by atoms with van der Waals surface area (Å²) in [5, 5.41) is 0. The molecule has 6 nitrogen and oxygen atoms in total. The van der Waals surface area contributed by atoms with Gasteiger partial charge in [-0.25, -0.2) is 0 Å². The van der Waals surface area contributed by atoms with E-state index in [0.29, 0.717) is 19.3 Å². The van der Waals surface area contributed by atoms with Crippen LogP contribution in [0.3, 0.4) is 0 Å². The highest BCUT2D eigenvalue weighted by Gasteiger charge is 2.20. The molecule has 0 saturated heterocycles. The lowest BCUT2D eigenvalue weighted by Gasteiger charge is -2.18. The van der Waals surface area contributed by atoms with Crippen LogP contribution in [0.2, 0.25) is 0 Å². The van der Waals surface area contributed by atoms with Crippen molar-refractivity contribution in [3.8, 4) is 0 Å². The molecule has 83 heavy (non-hydrogen) atoms. The molecule has 0 spiro atoms.